The van der Waals surface area contributed by atoms with E-state index in [4.69, 9.17) is 17.3 Å². The van der Waals surface area contributed by atoms with Crippen LogP contribution >= 0.6 is 11.6 Å². The zero-order chi connectivity index (χ0) is 14.7. The summed E-state index contributed by atoms with van der Waals surface area (Å²) in [5.41, 5.74) is 7.17. The number of carbonyl (C=O) groups excluding carboxylic acids is 1. The molecule has 0 fully saturated rings. The third-order valence-electron chi connectivity index (χ3n) is 2.99. The number of hydrogen-bond donors (Lipinski definition) is 2. The van der Waals surface area contributed by atoms with E-state index in [0.29, 0.717) is 10.7 Å². The number of anilines is 1. The number of rotatable bonds is 4. The molecule has 0 aliphatic carbocycles. The highest BCUT2D eigenvalue weighted by molar-refractivity contribution is 6.31. The molecule has 1 atom stereocenters. The summed E-state index contributed by atoms with van der Waals surface area (Å²) in [5, 5.41) is 7.50. The van der Waals surface area contributed by atoms with Crippen molar-refractivity contribution in [3.63, 3.8) is 0 Å². The van der Waals surface area contributed by atoms with Crippen LogP contribution < -0.4 is 11.1 Å². The molecule has 3 N–H and O–H groups in total. The van der Waals surface area contributed by atoms with E-state index in [1.807, 2.05) is 13.8 Å². The summed E-state index contributed by atoms with van der Waals surface area (Å²) in [4.78, 5) is 12.1. The van der Waals surface area contributed by atoms with Gasteiger partial charge in [-0.1, -0.05) is 25.4 Å². The van der Waals surface area contributed by atoms with E-state index in [-0.39, 0.29) is 11.8 Å². The van der Waals surface area contributed by atoms with Crippen molar-refractivity contribution in [2.24, 2.45) is 11.7 Å². The highest BCUT2D eigenvalue weighted by Gasteiger charge is 2.19. The molecule has 0 saturated carbocycles. The maximum absolute atomic E-state index is 12.1. The van der Waals surface area contributed by atoms with Crippen LogP contribution in [0.2, 0.25) is 5.02 Å². The second kappa shape index (κ2) is 6.07. The van der Waals surface area contributed by atoms with E-state index in [2.05, 4.69) is 10.4 Å². The first-order valence-electron chi connectivity index (χ1n) is 6.35. The van der Waals surface area contributed by atoms with E-state index in [0.717, 1.165) is 5.69 Å². The molecular weight excluding hydrogens is 276 g/mol. The summed E-state index contributed by atoms with van der Waals surface area (Å²) >= 11 is 5.99. The first-order valence-corrected chi connectivity index (χ1v) is 6.73. The largest absolute Gasteiger partial charge is 0.323 e. The molecule has 0 unspecified atom stereocenters. The van der Waals surface area contributed by atoms with Crippen LogP contribution in [0.15, 0.2) is 36.7 Å². The summed E-state index contributed by atoms with van der Waals surface area (Å²) in [6, 6.07) is 6.46. The molecule has 0 spiro atoms. The molecular formula is C14H17ClN4O. The van der Waals surface area contributed by atoms with E-state index in [1.165, 1.54) is 0 Å². The van der Waals surface area contributed by atoms with Gasteiger partial charge in [-0.05, 0) is 30.2 Å². The molecule has 0 aliphatic rings. The number of nitrogens with two attached hydrogens (primary N) is 1. The molecule has 1 heterocycles. The number of nitrogens with one attached hydrogen (secondary N) is 1. The quantitative estimate of drug-likeness (QED) is 0.909. The number of aromatic nitrogens is 2. The Morgan fingerprint density at radius 3 is 2.80 bits per heavy atom. The average Bonchev–Trinajstić information content (AvgIpc) is 2.91. The summed E-state index contributed by atoms with van der Waals surface area (Å²) in [6.45, 7) is 3.80. The lowest BCUT2D eigenvalue weighted by Gasteiger charge is -2.17. The van der Waals surface area contributed by atoms with Crippen molar-refractivity contribution in [2.45, 2.75) is 19.9 Å². The van der Waals surface area contributed by atoms with Gasteiger partial charge in [-0.2, -0.15) is 5.10 Å². The van der Waals surface area contributed by atoms with Crippen LogP contribution in [0.4, 0.5) is 5.69 Å². The van der Waals surface area contributed by atoms with Gasteiger partial charge in [0.1, 0.15) is 0 Å². The standard InChI is InChI=1S/C14H17ClN4O/c1-9(2)13(16)14(20)18-11-8-10(15)4-5-12(11)19-7-3-6-17-19/h3-9,13H,16H2,1-2H3,(H,18,20)/t13-/m0/s1. The number of carbonyl (C=O) groups is 1. The Morgan fingerprint density at radius 2 is 2.20 bits per heavy atom. The van der Waals surface area contributed by atoms with Gasteiger partial charge in [0.05, 0.1) is 17.4 Å². The number of hydrogen-bond acceptors (Lipinski definition) is 3. The third-order valence-corrected chi connectivity index (χ3v) is 3.22. The topological polar surface area (TPSA) is 72.9 Å². The molecule has 0 saturated heterocycles. The lowest BCUT2D eigenvalue weighted by molar-refractivity contribution is -0.118. The summed E-state index contributed by atoms with van der Waals surface area (Å²) in [7, 11) is 0. The van der Waals surface area contributed by atoms with Gasteiger partial charge in [-0.25, -0.2) is 4.68 Å². The van der Waals surface area contributed by atoms with Crippen molar-refractivity contribution in [3.05, 3.63) is 41.7 Å². The number of amides is 1. The minimum Gasteiger partial charge on any atom is -0.323 e. The van der Waals surface area contributed by atoms with Crippen LogP contribution in [0.25, 0.3) is 5.69 Å². The highest BCUT2D eigenvalue weighted by Crippen LogP contribution is 2.24. The van der Waals surface area contributed by atoms with Gasteiger partial charge in [-0.3, -0.25) is 4.79 Å². The van der Waals surface area contributed by atoms with Crippen LogP contribution in [0.5, 0.6) is 0 Å². The van der Waals surface area contributed by atoms with Crippen molar-refractivity contribution in [1.82, 2.24) is 9.78 Å². The van der Waals surface area contributed by atoms with Crippen LogP contribution in [-0.4, -0.2) is 21.7 Å². The summed E-state index contributed by atoms with van der Waals surface area (Å²) in [5.74, 6) is -0.182. The van der Waals surface area contributed by atoms with E-state index >= 15 is 0 Å². The van der Waals surface area contributed by atoms with E-state index in [1.54, 1.807) is 41.3 Å². The van der Waals surface area contributed by atoms with Crippen LogP contribution in [0.3, 0.4) is 0 Å². The van der Waals surface area contributed by atoms with Gasteiger partial charge in [0, 0.05) is 17.4 Å². The minimum atomic E-state index is -0.570. The normalized spacial score (nSPS) is 12.4. The van der Waals surface area contributed by atoms with Crippen LogP contribution in [0.1, 0.15) is 13.8 Å². The molecule has 2 rings (SSSR count). The summed E-state index contributed by atoms with van der Waals surface area (Å²) < 4.78 is 1.66. The predicted octanol–water partition coefficient (Wildman–Crippen LogP) is 2.45. The SMILES string of the molecule is CC(C)[C@H](N)C(=O)Nc1cc(Cl)ccc1-n1cccn1. The first-order chi connectivity index (χ1) is 9.49. The second-order valence-electron chi connectivity index (χ2n) is 4.87. The Kier molecular flexibility index (Phi) is 4.42. The van der Waals surface area contributed by atoms with E-state index < -0.39 is 6.04 Å². The highest BCUT2D eigenvalue weighted by atomic mass is 35.5. The molecule has 5 nitrogen and oxygen atoms in total. The number of halogens is 1. The fourth-order valence-electron chi connectivity index (χ4n) is 1.74. The Bertz CT molecular complexity index is 595. The summed E-state index contributed by atoms with van der Waals surface area (Å²) in [6.07, 6.45) is 3.46. The van der Waals surface area contributed by atoms with Crippen LogP contribution in [-0.2, 0) is 4.79 Å². The fraction of sp³-hybridized carbons (Fsp3) is 0.286. The van der Waals surface area contributed by atoms with Gasteiger partial charge in [0.15, 0.2) is 0 Å². The predicted molar refractivity (Wildman–Crippen MR) is 80.0 cm³/mol. The van der Waals surface area contributed by atoms with E-state index in [9.17, 15) is 4.79 Å². The zero-order valence-electron chi connectivity index (χ0n) is 11.4. The van der Waals surface area contributed by atoms with Crippen molar-refractivity contribution in [1.29, 1.82) is 0 Å². The Hall–Kier alpha value is -1.85. The van der Waals surface area contributed by atoms with Gasteiger partial charge >= 0.3 is 0 Å². The lowest BCUT2D eigenvalue weighted by Crippen LogP contribution is -2.39. The van der Waals surface area contributed by atoms with Gasteiger partial charge < -0.3 is 11.1 Å². The molecule has 0 bridgehead atoms. The molecule has 1 amide bonds. The van der Waals surface area contributed by atoms with Gasteiger partial charge in [-0.15, -0.1) is 0 Å². The zero-order valence-corrected chi connectivity index (χ0v) is 12.1. The Balaban J connectivity index is 2.31. The number of nitrogens with zero attached hydrogens (tertiary/aromatic N) is 2. The molecule has 2 aromatic rings. The third kappa shape index (κ3) is 3.18. The second-order valence-corrected chi connectivity index (χ2v) is 5.31. The van der Waals surface area contributed by atoms with Crippen molar-refractivity contribution in [2.75, 3.05) is 5.32 Å². The molecule has 1 aromatic carbocycles. The van der Waals surface area contributed by atoms with Crippen molar-refractivity contribution >= 4 is 23.2 Å². The first kappa shape index (κ1) is 14.6. The van der Waals surface area contributed by atoms with Gasteiger partial charge in [0.25, 0.3) is 0 Å². The molecule has 0 aliphatic heterocycles. The van der Waals surface area contributed by atoms with Crippen molar-refractivity contribution < 1.29 is 4.79 Å². The lowest BCUT2D eigenvalue weighted by atomic mass is 10.0. The maximum atomic E-state index is 12.1. The van der Waals surface area contributed by atoms with Gasteiger partial charge in [0.2, 0.25) is 5.91 Å². The maximum Gasteiger partial charge on any atom is 0.241 e. The van der Waals surface area contributed by atoms with Crippen molar-refractivity contribution in [3.8, 4) is 5.69 Å². The fourth-order valence-corrected chi connectivity index (χ4v) is 1.91. The molecule has 20 heavy (non-hydrogen) atoms. The smallest absolute Gasteiger partial charge is 0.241 e. The molecule has 1 aromatic heterocycles. The Morgan fingerprint density at radius 1 is 1.45 bits per heavy atom. The van der Waals surface area contributed by atoms with Crippen LogP contribution in [0, 0.1) is 5.92 Å². The molecule has 0 radical (unpaired) electrons. The monoisotopic (exact) mass is 292 g/mol. The minimum absolute atomic E-state index is 0.0577. The Labute approximate surface area is 122 Å². The molecule has 6 heteroatoms. The average molecular weight is 293 g/mol. The molecule has 106 valence electrons. The number of benzene rings is 1.